The second-order valence-electron chi connectivity index (χ2n) is 5.83. The first kappa shape index (κ1) is 19.8. The first-order chi connectivity index (χ1) is 13.1. The number of benzene rings is 2. The molecule has 4 nitrogen and oxygen atoms in total. The SMILES string of the molecule is COc1ccc(Cc2c(Cl)nc(SC)nc2NCc2ccc(Cl)cc2)cc1. The number of hydrogen-bond acceptors (Lipinski definition) is 5. The molecule has 0 amide bonds. The lowest BCUT2D eigenvalue weighted by atomic mass is 10.1. The molecule has 2 aromatic carbocycles. The maximum atomic E-state index is 6.48. The predicted octanol–water partition coefficient (Wildman–Crippen LogP) is 5.72. The molecule has 0 aliphatic rings. The van der Waals surface area contributed by atoms with Gasteiger partial charge in [0.15, 0.2) is 5.16 Å². The maximum absolute atomic E-state index is 6.48. The number of thioether (sulfide) groups is 1. The molecule has 3 rings (SSSR count). The molecular formula is C20H19Cl2N3OS. The van der Waals surface area contributed by atoms with Crippen LogP contribution >= 0.6 is 35.0 Å². The van der Waals surface area contributed by atoms with Crippen molar-refractivity contribution in [3.8, 4) is 5.75 Å². The number of methoxy groups -OCH3 is 1. The van der Waals surface area contributed by atoms with E-state index in [-0.39, 0.29) is 0 Å². The third-order valence-electron chi connectivity index (χ3n) is 4.03. The topological polar surface area (TPSA) is 47.0 Å². The van der Waals surface area contributed by atoms with Crippen LogP contribution in [0.4, 0.5) is 5.82 Å². The van der Waals surface area contributed by atoms with Crippen molar-refractivity contribution in [3.05, 3.63) is 75.4 Å². The van der Waals surface area contributed by atoms with Crippen molar-refractivity contribution in [2.45, 2.75) is 18.1 Å². The highest BCUT2D eigenvalue weighted by molar-refractivity contribution is 7.98. The summed E-state index contributed by atoms with van der Waals surface area (Å²) >= 11 is 13.9. The standard InChI is InChI=1S/C20H19Cl2N3OS/c1-26-16-9-5-13(6-10-16)11-17-18(22)24-20(27-2)25-19(17)23-12-14-3-7-15(21)8-4-14/h3-10H,11-12H2,1-2H3,(H,23,24,25). The maximum Gasteiger partial charge on any atom is 0.190 e. The van der Waals surface area contributed by atoms with E-state index < -0.39 is 0 Å². The summed E-state index contributed by atoms with van der Waals surface area (Å²) in [6.07, 6.45) is 2.55. The van der Waals surface area contributed by atoms with Gasteiger partial charge in [0.1, 0.15) is 16.7 Å². The van der Waals surface area contributed by atoms with Crippen molar-refractivity contribution in [3.63, 3.8) is 0 Å². The molecule has 0 aliphatic heterocycles. The molecule has 1 heterocycles. The minimum Gasteiger partial charge on any atom is -0.497 e. The van der Waals surface area contributed by atoms with E-state index in [9.17, 15) is 0 Å². The van der Waals surface area contributed by atoms with E-state index in [1.807, 2.05) is 54.8 Å². The summed E-state index contributed by atoms with van der Waals surface area (Å²) in [5, 5.41) is 5.21. The van der Waals surface area contributed by atoms with Crippen molar-refractivity contribution < 1.29 is 4.74 Å². The summed E-state index contributed by atoms with van der Waals surface area (Å²) < 4.78 is 5.22. The highest BCUT2D eigenvalue weighted by Gasteiger charge is 2.14. The van der Waals surface area contributed by atoms with E-state index in [0.29, 0.717) is 28.3 Å². The van der Waals surface area contributed by atoms with Gasteiger partial charge >= 0.3 is 0 Å². The van der Waals surface area contributed by atoms with Gasteiger partial charge in [0.2, 0.25) is 0 Å². The van der Waals surface area contributed by atoms with Crippen molar-refractivity contribution in [2.75, 3.05) is 18.7 Å². The normalized spacial score (nSPS) is 10.7. The van der Waals surface area contributed by atoms with Gasteiger partial charge < -0.3 is 10.1 Å². The number of rotatable bonds is 7. The second-order valence-corrected chi connectivity index (χ2v) is 7.40. The Morgan fingerprint density at radius 2 is 1.63 bits per heavy atom. The molecule has 0 saturated heterocycles. The average Bonchev–Trinajstić information content (AvgIpc) is 2.70. The van der Waals surface area contributed by atoms with E-state index in [2.05, 4.69) is 15.3 Å². The van der Waals surface area contributed by atoms with Gasteiger partial charge in [-0.25, -0.2) is 9.97 Å². The number of ether oxygens (including phenoxy) is 1. The number of aromatic nitrogens is 2. The van der Waals surface area contributed by atoms with Crippen LogP contribution in [0.3, 0.4) is 0 Å². The zero-order chi connectivity index (χ0) is 19.2. The molecule has 0 radical (unpaired) electrons. The third kappa shape index (κ3) is 5.28. The Kier molecular flexibility index (Phi) is 6.83. The number of nitrogens with zero attached hydrogens (tertiary/aromatic N) is 2. The molecule has 27 heavy (non-hydrogen) atoms. The highest BCUT2D eigenvalue weighted by Crippen LogP contribution is 2.28. The van der Waals surface area contributed by atoms with Crippen LogP contribution < -0.4 is 10.1 Å². The zero-order valence-corrected chi connectivity index (χ0v) is 17.3. The Hall–Kier alpha value is -1.95. The molecule has 7 heteroatoms. The number of anilines is 1. The summed E-state index contributed by atoms with van der Waals surface area (Å²) in [4.78, 5) is 9.00. The van der Waals surface area contributed by atoms with Gasteiger partial charge in [-0.2, -0.15) is 0 Å². The highest BCUT2D eigenvalue weighted by atomic mass is 35.5. The Bertz CT molecular complexity index is 902. The molecule has 0 spiro atoms. The minimum absolute atomic E-state index is 0.462. The van der Waals surface area contributed by atoms with Gasteiger partial charge in [0.05, 0.1) is 7.11 Å². The first-order valence-electron chi connectivity index (χ1n) is 8.30. The second kappa shape index (κ2) is 9.31. The van der Waals surface area contributed by atoms with Crippen LogP contribution in [-0.4, -0.2) is 23.3 Å². The fraction of sp³-hybridized carbons (Fsp3) is 0.200. The quantitative estimate of drug-likeness (QED) is 0.301. The van der Waals surface area contributed by atoms with E-state index >= 15 is 0 Å². The summed E-state index contributed by atoms with van der Waals surface area (Å²) in [6.45, 7) is 0.619. The molecule has 0 unspecified atom stereocenters. The van der Waals surface area contributed by atoms with Crippen LogP contribution in [0, 0.1) is 0 Å². The van der Waals surface area contributed by atoms with Gasteiger partial charge in [0.25, 0.3) is 0 Å². The number of halogens is 2. The molecular weight excluding hydrogens is 401 g/mol. The zero-order valence-electron chi connectivity index (χ0n) is 15.0. The van der Waals surface area contributed by atoms with Crippen molar-refractivity contribution in [1.82, 2.24) is 9.97 Å². The Morgan fingerprint density at radius 1 is 0.963 bits per heavy atom. The molecule has 0 aliphatic carbocycles. The summed E-state index contributed by atoms with van der Waals surface area (Å²) in [7, 11) is 1.65. The summed E-state index contributed by atoms with van der Waals surface area (Å²) in [6, 6.07) is 15.6. The number of hydrogen-bond donors (Lipinski definition) is 1. The van der Waals surface area contributed by atoms with Gasteiger partial charge in [-0.1, -0.05) is 59.2 Å². The Morgan fingerprint density at radius 3 is 2.26 bits per heavy atom. The minimum atomic E-state index is 0.462. The van der Waals surface area contributed by atoms with Crippen LogP contribution in [0.15, 0.2) is 53.7 Å². The Balaban J connectivity index is 1.85. The van der Waals surface area contributed by atoms with Crippen LogP contribution in [0.1, 0.15) is 16.7 Å². The van der Waals surface area contributed by atoms with Gasteiger partial charge in [-0.3, -0.25) is 0 Å². The third-order valence-corrected chi connectivity index (χ3v) is 5.14. The van der Waals surface area contributed by atoms with Gasteiger partial charge in [-0.15, -0.1) is 0 Å². The molecule has 3 aromatic rings. The number of nitrogens with one attached hydrogen (secondary N) is 1. The van der Waals surface area contributed by atoms with Crippen molar-refractivity contribution in [1.29, 1.82) is 0 Å². The summed E-state index contributed by atoms with van der Waals surface area (Å²) in [5.74, 6) is 1.56. The average molecular weight is 420 g/mol. The van der Waals surface area contributed by atoms with Crippen LogP contribution in [0.5, 0.6) is 5.75 Å². The van der Waals surface area contributed by atoms with Crippen molar-refractivity contribution in [2.24, 2.45) is 0 Å². The van der Waals surface area contributed by atoms with E-state index in [0.717, 1.165) is 28.3 Å². The lowest BCUT2D eigenvalue weighted by Gasteiger charge is -2.14. The Labute approximate surface area is 173 Å². The fourth-order valence-electron chi connectivity index (χ4n) is 2.57. The van der Waals surface area contributed by atoms with E-state index in [1.165, 1.54) is 11.8 Å². The lowest BCUT2D eigenvalue weighted by Crippen LogP contribution is -2.08. The molecule has 1 N–H and O–H groups in total. The molecule has 0 bridgehead atoms. The van der Waals surface area contributed by atoms with Crippen LogP contribution in [-0.2, 0) is 13.0 Å². The lowest BCUT2D eigenvalue weighted by molar-refractivity contribution is 0.414. The largest absolute Gasteiger partial charge is 0.497 e. The van der Waals surface area contributed by atoms with E-state index in [1.54, 1.807) is 7.11 Å². The van der Waals surface area contributed by atoms with Crippen LogP contribution in [0.2, 0.25) is 10.2 Å². The smallest absolute Gasteiger partial charge is 0.190 e. The van der Waals surface area contributed by atoms with Gasteiger partial charge in [-0.05, 0) is 41.6 Å². The van der Waals surface area contributed by atoms with Gasteiger partial charge in [0, 0.05) is 23.6 Å². The molecule has 0 saturated carbocycles. The molecule has 0 fully saturated rings. The molecule has 1 aromatic heterocycles. The predicted molar refractivity (Wildman–Crippen MR) is 113 cm³/mol. The molecule has 140 valence electrons. The summed E-state index contributed by atoms with van der Waals surface area (Å²) in [5.41, 5.74) is 3.08. The van der Waals surface area contributed by atoms with E-state index in [4.69, 9.17) is 27.9 Å². The van der Waals surface area contributed by atoms with Crippen molar-refractivity contribution >= 4 is 40.8 Å². The van der Waals surface area contributed by atoms with Crippen LogP contribution in [0.25, 0.3) is 0 Å². The monoisotopic (exact) mass is 419 g/mol. The first-order valence-corrected chi connectivity index (χ1v) is 10.3. The molecule has 0 atom stereocenters. The fourth-order valence-corrected chi connectivity index (χ4v) is 3.34.